The molecule has 1 unspecified atom stereocenters. The van der Waals surface area contributed by atoms with Crippen LogP contribution in [0.4, 0.5) is 19.1 Å². The van der Waals surface area contributed by atoms with Crippen molar-refractivity contribution in [3.63, 3.8) is 0 Å². The van der Waals surface area contributed by atoms with Gasteiger partial charge in [0.1, 0.15) is 0 Å². The molecule has 0 radical (unpaired) electrons. The lowest BCUT2D eigenvalue weighted by Crippen LogP contribution is -2.40. The van der Waals surface area contributed by atoms with Crippen LogP contribution in [0, 0.1) is 0 Å². The van der Waals surface area contributed by atoms with Crippen molar-refractivity contribution >= 4 is 45.9 Å². The van der Waals surface area contributed by atoms with Gasteiger partial charge in [-0.3, -0.25) is 9.00 Å². The lowest BCUT2D eigenvalue weighted by molar-refractivity contribution is -0.0597. The van der Waals surface area contributed by atoms with Crippen molar-refractivity contribution in [1.29, 1.82) is 0 Å². The van der Waals surface area contributed by atoms with Crippen molar-refractivity contribution in [3.05, 3.63) is 47.2 Å². The van der Waals surface area contributed by atoms with Crippen molar-refractivity contribution < 1.29 is 22.2 Å². The minimum atomic E-state index is -4.89. The SMILES string of the molecule is C[C@H](NC(=O)c1cc(Cl)cc(S(C)=O)c1)C(=Nc1ncccn1)N=C(N)C(F)(F)F. The smallest absolute Gasteiger partial charge is 0.380 e. The fourth-order valence-electron chi connectivity index (χ4n) is 2.06. The van der Waals surface area contributed by atoms with Crippen LogP contribution >= 0.6 is 11.6 Å². The molecule has 0 saturated heterocycles. The largest absolute Gasteiger partial charge is 0.449 e. The number of hydrogen-bond donors (Lipinski definition) is 2. The number of amidine groups is 2. The normalized spacial score (nSPS) is 14.9. The summed E-state index contributed by atoms with van der Waals surface area (Å²) >= 11 is 5.95. The third kappa shape index (κ3) is 6.59. The van der Waals surface area contributed by atoms with Gasteiger partial charge in [0, 0.05) is 44.9 Å². The molecule has 3 N–H and O–H groups in total. The lowest BCUT2D eigenvalue weighted by Gasteiger charge is -2.15. The Morgan fingerprint density at radius 2 is 1.90 bits per heavy atom. The quantitative estimate of drug-likeness (QED) is 0.524. The molecule has 0 fully saturated rings. The van der Waals surface area contributed by atoms with Crippen LogP contribution in [0.1, 0.15) is 17.3 Å². The number of carbonyl (C=O) groups excluding carboxylic acids is 1. The molecule has 0 aliphatic rings. The molecule has 1 aromatic carbocycles. The van der Waals surface area contributed by atoms with E-state index >= 15 is 0 Å². The molecule has 1 heterocycles. The first kappa shape index (κ1) is 23.4. The summed E-state index contributed by atoms with van der Waals surface area (Å²) in [6, 6.07) is 4.49. The van der Waals surface area contributed by atoms with Gasteiger partial charge in [-0.25, -0.2) is 15.0 Å². The number of hydrogen-bond acceptors (Lipinski definition) is 5. The van der Waals surface area contributed by atoms with Crippen LogP contribution < -0.4 is 11.1 Å². The van der Waals surface area contributed by atoms with Crippen molar-refractivity contribution in [2.24, 2.45) is 15.7 Å². The van der Waals surface area contributed by atoms with Gasteiger partial charge in [0.25, 0.3) is 11.9 Å². The highest BCUT2D eigenvalue weighted by atomic mass is 35.5. The standard InChI is InChI=1S/C17H16ClF3N6O2S/c1-9(25-14(28)10-6-11(18)8-12(7-10)30(2)29)13(26-15(22)17(19,20)21)27-16-23-4-3-5-24-16/h3-9H,1-2H3,(H,25,28)(H2,22,23,24,26,27)/t9-,30?/m0/s1. The third-order valence-corrected chi connectivity index (χ3v) is 4.61. The first-order valence-corrected chi connectivity index (χ1v) is 10.1. The highest BCUT2D eigenvalue weighted by Crippen LogP contribution is 2.18. The number of aromatic nitrogens is 2. The van der Waals surface area contributed by atoms with Gasteiger partial charge in [-0.15, -0.1) is 0 Å². The van der Waals surface area contributed by atoms with Crippen LogP contribution in [0.25, 0.3) is 0 Å². The van der Waals surface area contributed by atoms with E-state index in [4.69, 9.17) is 17.3 Å². The molecule has 0 aliphatic heterocycles. The van der Waals surface area contributed by atoms with Crippen LogP contribution in [0.3, 0.4) is 0 Å². The minimum absolute atomic E-state index is 0.0580. The molecular weight excluding hydrogens is 445 g/mol. The minimum Gasteiger partial charge on any atom is -0.380 e. The number of benzene rings is 1. The van der Waals surface area contributed by atoms with E-state index in [0.717, 1.165) is 0 Å². The third-order valence-electron chi connectivity index (χ3n) is 3.49. The molecule has 0 aliphatic carbocycles. The number of nitrogens with one attached hydrogen (secondary N) is 1. The number of amides is 1. The van der Waals surface area contributed by atoms with E-state index in [2.05, 4.69) is 25.3 Å². The average Bonchev–Trinajstić information content (AvgIpc) is 2.66. The molecule has 0 saturated carbocycles. The van der Waals surface area contributed by atoms with Crippen LogP contribution in [0.2, 0.25) is 5.02 Å². The molecule has 30 heavy (non-hydrogen) atoms. The Morgan fingerprint density at radius 3 is 2.47 bits per heavy atom. The Labute approximate surface area is 176 Å². The van der Waals surface area contributed by atoms with E-state index in [9.17, 15) is 22.2 Å². The van der Waals surface area contributed by atoms with Crippen molar-refractivity contribution in [2.75, 3.05) is 6.26 Å². The molecule has 13 heteroatoms. The fourth-order valence-corrected chi connectivity index (χ4v) is 2.95. The maximum Gasteiger partial charge on any atom is 0.449 e. The van der Waals surface area contributed by atoms with Gasteiger partial charge >= 0.3 is 6.18 Å². The van der Waals surface area contributed by atoms with Crippen LogP contribution in [-0.4, -0.2) is 50.2 Å². The predicted octanol–water partition coefficient (Wildman–Crippen LogP) is 2.64. The molecule has 1 amide bonds. The summed E-state index contributed by atoms with van der Waals surface area (Å²) in [7, 11) is -1.40. The predicted molar refractivity (Wildman–Crippen MR) is 108 cm³/mol. The first-order chi connectivity index (χ1) is 14.0. The second-order valence-electron chi connectivity index (χ2n) is 5.84. The zero-order valence-corrected chi connectivity index (χ0v) is 17.2. The molecule has 1 aromatic heterocycles. The van der Waals surface area contributed by atoms with Gasteiger partial charge in [-0.1, -0.05) is 11.6 Å². The second kappa shape index (κ2) is 9.76. The van der Waals surface area contributed by atoms with E-state index in [-0.39, 0.29) is 16.5 Å². The van der Waals surface area contributed by atoms with E-state index in [1.54, 1.807) is 0 Å². The lowest BCUT2D eigenvalue weighted by atomic mass is 10.2. The molecule has 8 nitrogen and oxygen atoms in total. The van der Waals surface area contributed by atoms with Gasteiger partial charge < -0.3 is 11.1 Å². The summed E-state index contributed by atoms with van der Waals surface area (Å²) < 4.78 is 50.2. The summed E-state index contributed by atoms with van der Waals surface area (Å²) in [6.45, 7) is 1.36. The molecule has 2 aromatic rings. The fraction of sp³-hybridized carbons (Fsp3) is 0.235. The van der Waals surface area contributed by atoms with Crippen molar-refractivity contribution in [3.8, 4) is 0 Å². The Hall–Kier alpha value is -2.86. The topological polar surface area (TPSA) is 123 Å². The van der Waals surface area contributed by atoms with E-state index < -0.39 is 40.6 Å². The highest BCUT2D eigenvalue weighted by Gasteiger charge is 2.34. The van der Waals surface area contributed by atoms with E-state index in [0.29, 0.717) is 4.90 Å². The number of nitrogens with zero attached hydrogens (tertiary/aromatic N) is 4. The van der Waals surface area contributed by atoms with Crippen LogP contribution in [-0.2, 0) is 10.8 Å². The Kier molecular flexibility index (Phi) is 7.62. The summed E-state index contributed by atoms with van der Waals surface area (Å²) in [5.41, 5.74) is 5.06. The number of aliphatic imine (C=N–C) groups is 2. The summed E-state index contributed by atoms with van der Waals surface area (Å²) in [5.74, 6) is -2.98. The maximum absolute atomic E-state index is 12.8. The Bertz CT molecular complexity index is 1010. The number of carbonyl (C=O) groups is 1. The zero-order chi connectivity index (χ0) is 22.5. The monoisotopic (exact) mass is 460 g/mol. The van der Waals surface area contributed by atoms with Gasteiger partial charge in [0.2, 0.25) is 5.84 Å². The number of alkyl halides is 3. The molecule has 0 spiro atoms. The molecule has 0 bridgehead atoms. The second-order valence-corrected chi connectivity index (χ2v) is 7.65. The molecule has 2 rings (SSSR count). The number of rotatable bonds is 5. The average molecular weight is 461 g/mol. The van der Waals surface area contributed by atoms with Crippen LogP contribution in [0.5, 0.6) is 0 Å². The summed E-state index contributed by atoms with van der Waals surface area (Å²) in [4.78, 5) is 27.6. The van der Waals surface area contributed by atoms with Gasteiger partial charge in [0.15, 0.2) is 5.84 Å². The molecule has 160 valence electrons. The van der Waals surface area contributed by atoms with E-state index in [1.165, 1.54) is 49.8 Å². The highest BCUT2D eigenvalue weighted by molar-refractivity contribution is 7.84. The van der Waals surface area contributed by atoms with Crippen molar-refractivity contribution in [1.82, 2.24) is 15.3 Å². The first-order valence-electron chi connectivity index (χ1n) is 8.19. The zero-order valence-electron chi connectivity index (χ0n) is 15.6. The van der Waals surface area contributed by atoms with Gasteiger partial charge in [-0.2, -0.15) is 18.2 Å². The van der Waals surface area contributed by atoms with E-state index in [1.807, 2.05) is 0 Å². The maximum atomic E-state index is 12.8. The number of halogens is 4. The molecular formula is C17H16ClF3N6O2S. The Morgan fingerprint density at radius 1 is 1.27 bits per heavy atom. The van der Waals surface area contributed by atoms with Crippen LogP contribution in [0.15, 0.2) is 51.5 Å². The Balaban J connectivity index is 2.37. The van der Waals surface area contributed by atoms with Gasteiger partial charge in [0.05, 0.1) is 6.04 Å². The van der Waals surface area contributed by atoms with Gasteiger partial charge in [-0.05, 0) is 31.2 Å². The summed E-state index contributed by atoms with van der Waals surface area (Å²) in [5, 5.41) is 2.63. The van der Waals surface area contributed by atoms with Crippen molar-refractivity contribution in [2.45, 2.75) is 24.0 Å². The number of nitrogens with two attached hydrogens (primary N) is 1. The molecule has 2 atom stereocenters. The summed E-state index contributed by atoms with van der Waals surface area (Å²) in [6.07, 6.45) is -0.811.